The molecule has 0 radical (unpaired) electrons. The molecule has 2 aromatic carbocycles. The molecule has 110 valence electrons. The van der Waals surface area contributed by atoms with Crippen molar-refractivity contribution in [2.75, 3.05) is 20.2 Å². The molecular weight excluding hydrogens is 269 g/mol. The topological polar surface area (TPSA) is 30.5 Å². The van der Waals surface area contributed by atoms with Crippen LogP contribution in [0.25, 0.3) is 11.1 Å². The second-order valence-electron chi connectivity index (χ2n) is 5.22. The monoisotopic (exact) mass is 287 g/mol. The fraction of sp³-hybridized carbons (Fsp3) is 0.294. The third-order valence-electron chi connectivity index (χ3n) is 3.70. The summed E-state index contributed by atoms with van der Waals surface area (Å²) in [4.78, 5) is 0. The molecule has 0 amide bonds. The minimum atomic E-state index is -0.221. The van der Waals surface area contributed by atoms with Crippen molar-refractivity contribution in [1.29, 1.82) is 0 Å². The Hall–Kier alpha value is -2.07. The van der Waals surface area contributed by atoms with Gasteiger partial charge in [0.2, 0.25) is 0 Å². The van der Waals surface area contributed by atoms with Gasteiger partial charge in [0.25, 0.3) is 0 Å². The molecule has 0 unspecified atom stereocenters. The second-order valence-corrected chi connectivity index (χ2v) is 5.22. The van der Waals surface area contributed by atoms with Crippen LogP contribution in [0.15, 0.2) is 36.4 Å². The molecule has 0 atom stereocenters. The van der Waals surface area contributed by atoms with Gasteiger partial charge in [0, 0.05) is 13.1 Å². The van der Waals surface area contributed by atoms with Crippen molar-refractivity contribution >= 4 is 0 Å². The number of hydrogen-bond donors (Lipinski definition) is 1. The molecule has 21 heavy (non-hydrogen) atoms. The Morgan fingerprint density at radius 2 is 1.90 bits per heavy atom. The maximum absolute atomic E-state index is 13.2. The quantitative estimate of drug-likeness (QED) is 0.937. The highest BCUT2D eigenvalue weighted by Gasteiger charge is 2.20. The molecule has 1 heterocycles. The molecule has 3 rings (SSSR count). The third-order valence-corrected chi connectivity index (χ3v) is 3.70. The number of methoxy groups -OCH3 is 1. The van der Waals surface area contributed by atoms with E-state index in [1.807, 2.05) is 25.1 Å². The Labute approximate surface area is 123 Å². The number of aryl methyl sites for hydroxylation is 1. The summed E-state index contributed by atoms with van der Waals surface area (Å²) >= 11 is 0. The minimum absolute atomic E-state index is 0.184. The van der Waals surface area contributed by atoms with Crippen molar-refractivity contribution in [2.24, 2.45) is 0 Å². The molecule has 1 aliphatic heterocycles. The fourth-order valence-electron chi connectivity index (χ4n) is 2.41. The van der Waals surface area contributed by atoms with E-state index < -0.39 is 0 Å². The lowest BCUT2D eigenvalue weighted by Gasteiger charge is -2.28. The average molecular weight is 287 g/mol. The first-order valence-corrected chi connectivity index (χ1v) is 6.99. The number of rotatable bonds is 4. The van der Waals surface area contributed by atoms with Gasteiger partial charge in [-0.2, -0.15) is 0 Å². The Kier molecular flexibility index (Phi) is 3.80. The summed E-state index contributed by atoms with van der Waals surface area (Å²) in [6, 6.07) is 10.6. The van der Waals surface area contributed by atoms with Gasteiger partial charge in [-0.3, -0.25) is 0 Å². The Morgan fingerprint density at radius 1 is 1.10 bits per heavy atom. The van der Waals surface area contributed by atoms with Crippen molar-refractivity contribution in [1.82, 2.24) is 5.32 Å². The SMILES string of the molecule is COc1ccc(-c2ccc(F)cc2C)cc1OC1CNC1. The second kappa shape index (κ2) is 5.74. The molecule has 1 saturated heterocycles. The van der Waals surface area contributed by atoms with Crippen LogP contribution < -0.4 is 14.8 Å². The lowest BCUT2D eigenvalue weighted by molar-refractivity contribution is 0.137. The number of nitrogens with one attached hydrogen (secondary N) is 1. The summed E-state index contributed by atoms with van der Waals surface area (Å²) in [6.45, 7) is 3.60. The van der Waals surface area contributed by atoms with Crippen molar-refractivity contribution in [3.63, 3.8) is 0 Å². The number of benzene rings is 2. The zero-order chi connectivity index (χ0) is 14.8. The van der Waals surface area contributed by atoms with E-state index >= 15 is 0 Å². The van der Waals surface area contributed by atoms with Crippen LogP contribution >= 0.6 is 0 Å². The van der Waals surface area contributed by atoms with E-state index in [2.05, 4.69) is 5.32 Å². The van der Waals surface area contributed by atoms with Gasteiger partial charge in [-0.25, -0.2) is 4.39 Å². The molecule has 0 bridgehead atoms. The van der Waals surface area contributed by atoms with Gasteiger partial charge in [-0.1, -0.05) is 12.1 Å². The number of halogens is 1. The highest BCUT2D eigenvalue weighted by atomic mass is 19.1. The van der Waals surface area contributed by atoms with Gasteiger partial charge >= 0.3 is 0 Å². The van der Waals surface area contributed by atoms with Gasteiger partial charge in [-0.15, -0.1) is 0 Å². The maximum atomic E-state index is 13.2. The molecule has 0 aliphatic carbocycles. The fourth-order valence-corrected chi connectivity index (χ4v) is 2.41. The smallest absolute Gasteiger partial charge is 0.162 e. The van der Waals surface area contributed by atoms with Crippen LogP contribution in [0.4, 0.5) is 4.39 Å². The molecule has 0 spiro atoms. The first-order valence-electron chi connectivity index (χ1n) is 6.99. The van der Waals surface area contributed by atoms with E-state index in [4.69, 9.17) is 9.47 Å². The predicted molar refractivity (Wildman–Crippen MR) is 80.4 cm³/mol. The van der Waals surface area contributed by atoms with Crippen molar-refractivity contribution in [3.05, 3.63) is 47.8 Å². The molecule has 3 nitrogen and oxygen atoms in total. The Morgan fingerprint density at radius 3 is 2.52 bits per heavy atom. The van der Waals surface area contributed by atoms with Gasteiger partial charge in [-0.05, 0) is 47.9 Å². The van der Waals surface area contributed by atoms with Crippen LogP contribution in [-0.4, -0.2) is 26.3 Å². The largest absolute Gasteiger partial charge is 0.493 e. The van der Waals surface area contributed by atoms with Crippen LogP contribution in [0.2, 0.25) is 0 Å². The molecular formula is C17H18FNO2. The van der Waals surface area contributed by atoms with Gasteiger partial charge < -0.3 is 14.8 Å². The zero-order valence-corrected chi connectivity index (χ0v) is 12.2. The van der Waals surface area contributed by atoms with Crippen LogP contribution in [0.5, 0.6) is 11.5 Å². The Bertz CT molecular complexity index is 653. The number of ether oxygens (including phenoxy) is 2. The number of hydrogen-bond acceptors (Lipinski definition) is 3. The van der Waals surface area contributed by atoms with E-state index in [1.165, 1.54) is 12.1 Å². The zero-order valence-electron chi connectivity index (χ0n) is 12.2. The maximum Gasteiger partial charge on any atom is 0.162 e. The van der Waals surface area contributed by atoms with Crippen molar-refractivity contribution < 1.29 is 13.9 Å². The molecule has 4 heteroatoms. The first-order chi connectivity index (χ1) is 10.2. The van der Waals surface area contributed by atoms with E-state index in [0.717, 1.165) is 35.5 Å². The summed E-state index contributed by atoms with van der Waals surface area (Å²) in [5, 5.41) is 3.17. The standard InChI is InChI=1S/C17H18FNO2/c1-11-7-13(18)4-5-15(11)12-3-6-16(20-2)17(8-12)21-14-9-19-10-14/h3-8,14,19H,9-10H2,1-2H3. The summed E-state index contributed by atoms with van der Waals surface area (Å²) < 4.78 is 24.5. The first kappa shape index (κ1) is 13.9. The summed E-state index contributed by atoms with van der Waals surface area (Å²) in [6.07, 6.45) is 0.184. The average Bonchev–Trinajstić information content (AvgIpc) is 2.43. The highest BCUT2D eigenvalue weighted by molar-refractivity contribution is 5.70. The molecule has 0 saturated carbocycles. The van der Waals surface area contributed by atoms with Crippen LogP contribution in [-0.2, 0) is 0 Å². The van der Waals surface area contributed by atoms with Crippen molar-refractivity contribution in [2.45, 2.75) is 13.0 Å². The van der Waals surface area contributed by atoms with E-state index in [-0.39, 0.29) is 11.9 Å². The van der Waals surface area contributed by atoms with Gasteiger partial charge in [0.1, 0.15) is 11.9 Å². The highest BCUT2D eigenvalue weighted by Crippen LogP contribution is 2.34. The van der Waals surface area contributed by atoms with Crippen LogP contribution in [0, 0.1) is 12.7 Å². The van der Waals surface area contributed by atoms with E-state index in [9.17, 15) is 4.39 Å². The van der Waals surface area contributed by atoms with Crippen LogP contribution in [0.1, 0.15) is 5.56 Å². The van der Waals surface area contributed by atoms with E-state index in [0.29, 0.717) is 5.75 Å². The van der Waals surface area contributed by atoms with Crippen molar-refractivity contribution in [3.8, 4) is 22.6 Å². The summed E-state index contributed by atoms with van der Waals surface area (Å²) in [5.74, 6) is 1.22. The lowest BCUT2D eigenvalue weighted by Crippen LogP contribution is -2.50. The molecule has 1 fully saturated rings. The Balaban J connectivity index is 1.96. The molecule has 1 aliphatic rings. The molecule has 2 aromatic rings. The lowest BCUT2D eigenvalue weighted by atomic mass is 10.00. The predicted octanol–water partition coefficient (Wildman–Crippen LogP) is 3.16. The van der Waals surface area contributed by atoms with Gasteiger partial charge in [0.15, 0.2) is 11.5 Å². The van der Waals surface area contributed by atoms with E-state index in [1.54, 1.807) is 13.2 Å². The normalized spacial score (nSPS) is 14.6. The minimum Gasteiger partial charge on any atom is -0.493 e. The summed E-state index contributed by atoms with van der Waals surface area (Å²) in [7, 11) is 1.63. The molecule has 1 N–H and O–H groups in total. The van der Waals surface area contributed by atoms with Crippen LogP contribution in [0.3, 0.4) is 0 Å². The van der Waals surface area contributed by atoms with Gasteiger partial charge in [0.05, 0.1) is 7.11 Å². The molecule has 0 aromatic heterocycles. The summed E-state index contributed by atoms with van der Waals surface area (Å²) in [5.41, 5.74) is 2.89. The third kappa shape index (κ3) is 2.85.